The van der Waals surface area contributed by atoms with E-state index in [-0.39, 0.29) is 18.6 Å². The fourth-order valence-corrected chi connectivity index (χ4v) is 2.88. The lowest BCUT2D eigenvalue weighted by atomic mass is 9.78. The molecule has 0 heterocycles. The van der Waals surface area contributed by atoms with Crippen LogP contribution in [0.3, 0.4) is 0 Å². The first-order valence-electron chi connectivity index (χ1n) is 7.48. The molecular weight excluding hydrogens is 240 g/mol. The molecule has 4 heteroatoms. The standard InChI is InChI=1S/C15H26N2O2/c1-3-8-15(12-16,9-4-2)14(19)17(10-11-18)13-6-5-7-13/h13,18H,3-11H2,1-2H3. The topological polar surface area (TPSA) is 64.3 Å². The van der Waals surface area contributed by atoms with Crippen molar-refractivity contribution in [2.45, 2.75) is 64.8 Å². The third-order valence-corrected chi connectivity index (χ3v) is 4.09. The average molecular weight is 266 g/mol. The minimum absolute atomic E-state index is 0.0258. The molecule has 1 N–H and O–H groups in total. The molecule has 0 radical (unpaired) electrons. The Hall–Kier alpha value is -1.08. The number of carbonyl (C=O) groups excluding carboxylic acids is 1. The second-order valence-corrected chi connectivity index (χ2v) is 5.50. The van der Waals surface area contributed by atoms with E-state index in [1.165, 1.54) is 0 Å². The van der Waals surface area contributed by atoms with Crippen LogP contribution in [0.5, 0.6) is 0 Å². The highest BCUT2D eigenvalue weighted by molar-refractivity contribution is 5.85. The smallest absolute Gasteiger partial charge is 0.243 e. The van der Waals surface area contributed by atoms with Gasteiger partial charge in [0.05, 0.1) is 12.7 Å². The zero-order valence-electron chi connectivity index (χ0n) is 12.2. The van der Waals surface area contributed by atoms with Gasteiger partial charge >= 0.3 is 0 Å². The summed E-state index contributed by atoms with van der Waals surface area (Å²) in [4.78, 5) is 14.6. The number of hydrogen-bond donors (Lipinski definition) is 1. The minimum atomic E-state index is -0.881. The Kier molecular flexibility index (Phi) is 6.30. The molecule has 108 valence electrons. The van der Waals surface area contributed by atoms with E-state index in [0.29, 0.717) is 19.4 Å². The van der Waals surface area contributed by atoms with Gasteiger partial charge in [-0.05, 0) is 32.1 Å². The molecule has 1 rings (SSSR count). The number of nitriles is 1. The number of carbonyl (C=O) groups is 1. The Morgan fingerprint density at radius 3 is 2.26 bits per heavy atom. The van der Waals surface area contributed by atoms with E-state index in [1.54, 1.807) is 4.90 Å². The van der Waals surface area contributed by atoms with Crippen molar-refractivity contribution < 1.29 is 9.90 Å². The normalized spacial score (nSPS) is 15.7. The lowest BCUT2D eigenvalue weighted by Crippen LogP contribution is -2.51. The highest BCUT2D eigenvalue weighted by Gasteiger charge is 2.42. The molecule has 0 saturated heterocycles. The van der Waals surface area contributed by atoms with E-state index in [0.717, 1.165) is 32.1 Å². The molecule has 0 unspecified atom stereocenters. The van der Waals surface area contributed by atoms with Gasteiger partial charge in [-0.15, -0.1) is 0 Å². The second kappa shape index (κ2) is 7.49. The summed E-state index contributed by atoms with van der Waals surface area (Å²) in [5.41, 5.74) is -0.881. The predicted octanol–water partition coefficient (Wildman–Crippen LogP) is 2.47. The molecule has 0 spiro atoms. The van der Waals surface area contributed by atoms with Crippen molar-refractivity contribution in [2.75, 3.05) is 13.2 Å². The van der Waals surface area contributed by atoms with Crippen molar-refractivity contribution in [1.82, 2.24) is 4.90 Å². The molecule has 1 aliphatic rings. The summed E-state index contributed by atoms with van der Waals surface area (Å²) in [6.07, 6.45) is 6.04. The summed E-state index contributed by atoms with van der Waals surface area (Å²) in [7, 11) is 0. The second-order valence-electron chi connectivity index (χ2n) is 5.50. The molecule has 0 aliphatic heterocycles. The molecule has 1 fully saturated rings. The maximum atomic E-state index is 12.8. The number of hydrogen-bond acceptors (Lipinski definition) is 3. The molecule has 1 aliphatic carbocycles. The Balaban J connectivity index is 2.91. The van der Waals surface area contributed by atoms with Crippen molar-refractivity contribution >= 4 is 5.91 Å². The summed E-state index contributed by atoms with van der Waals surface area (Å²) in [6, 6.07) is 2.52. The molecule has 0 aromatic rings. The third kappa shape index (κ3) is 3.48. The number of rotatable bonds is 8. The molecule has 1 saturated carbocycles. The van der Waals surface area contributed by atoms with Crippen LogP contribution in [0.15, 0.2) is 0 Å². The maximum absolute atomic E-state index is 12.8. The molecule has 4 nitrogen and oxygen atoms in total. The van der Waals surface area contributed by atoms with E-state index < -0.39 is 5.41 Å². The SMILES string of the molecule is CCCC(C#N)(CCC)C(=O)N(CCO)C1CCC1. The van der Waals surface area contributed by atoms with Gasteiger partial charge in [-0.2, -0.15) is 5.26 Å². The van der Waals surface area contributed by atoms with Crippen LogP contribution in [0.4, 0.5) is 0 Å². The summed E-state index contributed by atoms with van der Waals surface area (Å²) < 4.78 is 0. The van der Waals surface area contributed by atoms with Crippen molar-refractivity contribution in [1.29, 1.82) is 5.26 Å². The van der Waals surface area contributed by atoms with Crippen LogP contribution in [0.25, 0.3) is 0 Å². The molecule has 0 aromatic heterocycles. The monoisotopic (exact) mass is 266 g/mol. The summed E-state index contributed by atoms with van der Waals surface area (Å²) in [5.74, 6) is -0.0579. The average Bonchev–Trinajstić information content (AvgIpc) is 2.35. The van der Waals surface area contributed by atoms with Crippen molar-refractivity contribution in [3.63, 3.8) is 0 Å². The van der Waals surface area contributed by atoms with Crippen LogP contribution in [0, 0.1) is 16.7 Å². The van der Waals surface area contributed by atoms with Gasteiger partial charge in [-0.1, -0.05) is 26.7 Å². The number of nitrogens with zero attached hydrogens (tertiary/aromatic N) is 2. The number of aliphatic hydroxyl groups excluding tert-OH is 1. The lowest BCUT2D eigenvalue weighted by molar-refractivity contribution is -0.144. The lowest BCUT2D eigenvalue weighted by Gasteiger charge is -2.41. The van der Waals surface area contributed by atoms with Crippen molar-refractivity contribution in [3.8, 4) is 6.07 Å². The van der Waals surface area contributed by atoms with E-state index in [1.807, 2.05) is 13.8 Å². The van der Waals surface area contributed by atoms with Crippen LogP contribution in [0.1, 0.15) is 58.8 Å². The van der Waals surface area contributed by atoms with Crippen LogP contribution < -0.4 is 0 Å². The van der Waals surface area contributed by atoms with E-state index in [9.17, 15) is 15.2 Å². The summed E-state index contributed by atoms with van der Waals surface area (Å²) in [5, 5.41) is 18.7. The predicted molar refractivity (Wildman–Crippen MR) is 74.3 cm³/mol. The van der Waals surface area contributed by atoms with Crippen LogP contribution in [-0.2, 0) is 4.79 Å². The van der Waals surface area contributed by atoms with Gasteiger partial charge in [0, 0.05) is 12.6 Å². The maximum Gasteiger partial charge on any atom is 0.243 e. The molecular formula is C15H26N2O2. The van der Waals surface area contributed by atoms with Crippen LogP contribution in [0.2, 0.25) is 0 Å². The first-order chi connectivity index (χ1) is 9.15. The Labute approximate surface area is 116 Å². The largest absolute Gasteiger partial charge is 0.395 e. The van der Waals surface area contributed by atoms with Gasteiger partial charge in [-0.25, -0.2) is 0 Å². The zero-order valence-corrected chi connectivity index (χ0v) is 12.2. The summed E-state index contributed by atoms with van der Waals surface area (Å²) >= 11 is 0. The van der Waals surface area contributed by atoms with Gasteiger partial charge in [0.1, 0.15) is 5.41 Å². The van der Waals surface area contributed by atoms with E-state index in [2.05, 4.69) is 6.07 Å². The molecule has 1 amide bonds. The third-order valence-electron chi connectivity index (χ3n) is 4.09. The van der Waals surface area contributed by atoms with Crippen LogP contribution >= 0.6 is 0 Å². The Morgan fingerprint density at radius 2 is 1.95 bits per heavy atom. The number of amides is 1. The first kappa shape index (κ1) is 16.0. The van der Waals surface area contributed by atoms with E-state index >= 15 is 0 Å². The van der Waals surface area contributed by atoms with Gasteiger partial charge < -0.3 is 10.0 Å². The molecule has 0 bridgehead atoms. The Bertz CT molecular complexity index is 326. The number of aliphatic hydroxyl groups is 1. The molecule has 0 atom stereocenters. The summed E-state index contributed by atoms with van der Waals surface area (Å²) in [6.45, 7) is 4.35. The quantitative estimate of drug-likeness (QED) is 0.734. The molecule has 0 aromatic carbocycles. The van der Waals surface area contributed by atoms with Gasteiger partial charge in [0.15, 0.2) is 0 Å². The van der Waals surface area contributed by atoms with Gasteiger partial charge in [0.2, 0.25) is 5.91 Å². The minimum Gasteiger partial charge on any atom is -0.395 e. The van der Waals surface area contributed by atoms with Crippen LogP contribution in [-0.4, -0.2) is 35.1 Å². The highest BCUT2D eigenvalue weighted by atomic mass is 16.3. The Morgan fingerprint density at radius 1 is 1.37 bits per heavy atom. The first-order valence-corrected chi connectivity index (χ1v) is 7.48. The molecule has 19 heavy (non-hydrogen) atoms. The van der Waals surface area contributed by atoms with Crippen molar-refractivity contribution in [2.24, 2.45) is 5.41 Å². The van der Waals surface area contributed by atoms with Crippen molar-refractivity contribution in [3.05, 3.63) is 0 Å². The fourth-order valence-electron chi connectivity index (χ4n) is 2.88. The fraction of sp³-hybridized carbons (Fsp3) is 0.867. The van der Waals surface area contributed by atoms with Gasteiger partial charge in [-0.3, -0.25) is 4.79 Å². The van der Waals surface area contributed by atoms with Gasteiger partial charge in [0.25, 0.3) is 0 Å². The highest BCUT2D eigenvalue weighted by Crippen LogP contribution is 2.35. The zero-order chi connectivity index (χ0) is 14.3. The van der Waals surface area contributed by atoms with E-state index in [4.69, 9.17) is 0 Å².